The highest BCUT2D eigenvalue weighted by molar-refractivity contribution is 5.77. The summed E-state index contributed by atoms with van der Waals surface area (Å²) >= 11 is 0. The Morgan fingerprint density at radius 1 is 1.50 bits per heavy atom. The molecule has 0 aromatic heterocycles. The van der Waals surface area contributed by atoms with Gasteiger partial charge in [0, 0.05) is 6.21 Å². The highest BCUT2D eigenvalue weighted by Gasteiger charge is 2.11. The van der Waals surface area contributed by atoms with Gasteiger partial charge in [-0.3, -0.25) is 4.79 Å². The predicted molar refractivity (Wildman–Crippen MR) is 53.6 cm³/mol. The lowest BCUT2D eigenvalue weighted by molar-refractivity contribution is -0.138. The van der Waals surface area contributed by atoms with Crippen molar-refractivity contribution in [3.05, 3.63) is 35.4 Å². The second-order valence-electron chi connectivity index (χ2n) is 3.03. The number of nitrogens with one attached hydrogen (secondary N) is 1. The van der Waals surface area contributed by atoms with E-state index in [0.29, 0.717) is 6.42 Å². The third-order valence-electron chi connectivity index (χ3n) is 1.92. The molecule has 0 radical (unpaired) electrons. The maximum Gasteiger partial charge on any atom is 0.320 e. The Morgan fingerprint density at radius 2 is 2.07 bits per heavy atom. The van der Waals surface area contributed by atoms with Gasteiger partial charge < -0.3 is 16.2 Å². The zero-order valence-electron chi connectivity index (χ0n) is 7.60. The molecular formula is C10H12N2O2. The highest BCUT2D eigenvalue weighted by Crippen LogP contribution is 2.04. The van der Waals surface area contributed by atoms with Gasteiger partial charge in [0.1, 0.15) is 6.04 Å². The molecule has 4 N–H and O–H groups in total. The summed E-state index contributed by atoms with van der Waals surface area (Å²) in [6.45, 7) is 0. The van der Waals surface area contributed by atoms with Gasteiger partial charge in [-0.2, -0.15) is 0 Å². The fraction of sp³-hybridized carbons (Fsp3) is 0.200. The average Bonchev–Trinajstić information content (AvgIpc) is 2.19. The van der Waals surface area contributed by atoms with Gasteiger partial charge >= 0.3 is 5.97 Å². The number of carbonyl (C=O) groups is 1. The van der Waals surface area contributed by atoms with Crippen molar-refractivity contribution in [2.45, 2.75) is 12.5 Å². The van der Waals surface area contributed by atoms with Crippen molar-refractivity contribution in [3.8, 4) is 0 Å². The van der Waals surface area contributed by atoms with Gasteiger partial charge in [-0.15, -0.1) is 0 Å². The van der Waals surface area contributed by atoms with Crippen LogP contribution in [0.25, 0.3) is 0 Å². The first-order chi connectivity index (χ1) is 6.63. The van der Waals surface area contributed by atoms with Gasteiger partial charge in [-0.1, -0.05) is 24.3 Å². The van der Waals surface area contributed by atoms with Gasteiger partial charge in [-0.05, 0) is 17.5 Å². The number of aliphatic carboxylic acids is 1. The molecule has 4 nitrogen and oxygen atoms in total. The summed E-state index contributed by atoms with van der Waals surface area (Å²) in [5.74, 6) is -0.999. The zero-order valence-corrected chi connectivity index (χ0v) is 7.60. The molecule has 0 fully saturated rings. The van der Waals surface area contributed by atoms with Gasteiger partial charge in [0.25, 0.3) is 0 Å². The van der Waals surface area contributed by atoms with Crippen molar-refractivity contribution in [2.75, 3.05) is 0 Å². The SMILES string of the molecule is N=Cc1ccc(CC(N)C(=O)O)cc1. The summed E-state index contributed by atoms with van der Waals surface area (Å²) in [6, 6.07) is 6.22. The first-order valence-electron chi connectivity index (χ1n) is 4.21. The smallest absolute Gasteiger partial charge is 0.320 e. The highest BCUT2D eigenvalue weighted by atomic mass is 16.4. The molecule has 0 spiro atoms. The summed E-state index contributed by atoms with van der Waals surface area (Å²) in [5.41, 5.74) is 7.03. The van der Waals surface area contributed by atoms with E-state index >= 15 is 0 Å². The van der Waals surface area contributed by atoms with Crippen LogP contribution in [-0.2, 0) is 11.2 Å². The van der Waals surface area contributed by atoms with E-state index in [2.05, 4.69) is 0 Å². The first-order valence-corrected chi connectivity index (χ1v) is 4.21. The second-order valence-corrected chi connectivity index (χ2v) is 3.03. The van der Waals surface area contributed by atoms with Crippen molar-refractivity contribution in [3.63, 3.8) is 0 Å². The maximum absolute atomic E-state index is 10.5. The molecule has 0 aliphatic rings. The fourth-order valence-electron chi connectivity index (χ4n) is 1.09. The Labute approximate surface area is 81.9 Å². The Hall–Kier alpha value is -1.68. The summed E-state index contributed by atoms with van der Waals surface area (Å²) in [6.07, 6.45) is 1.55. The second kappa shape index (κ2) is 4.53. The third-order valence-corrected chi connectivity index (χ3v) is 1.92. The molecule has 1 atom stereocenters. The van der Waals surface area contributed by atoms with Gasteiger partial charge in [0.15, 0.2) is 0 Å². The minimum absolute atomic E-state index is 0.313. The molecule has 1 rings (SSSR count). The minimum atomic E-state index is -0.999. The molecule has 4 heteroatoms. The normalized spacial score (nSPS) is 12.1. The summed E-state index contributed by atoms with van der Waals surface area (Å²) in [5, 5.41) is 15.6. The number of carboxylic acid groups (broad SMARTS) is 1. The van der Waals surface area contributed by atoms with Gasteiger partial charge in [-0.25, -0.2) is 0 Å². The molecule has 1 aromatic rings. The average molecular weight is 192 g/mol. The van der Waals surface area contributed by atoms with Crippen molar-refractivity contribution < 1.29 is 9.90 Å². The van der Waals surface area contributed by atoms with Crippen LogP contribution in [0.4, 0.5) is 0 Å². The predicted octanol–water partition coefficient (Wildman–Crippen LogP) is 0.639. The quantitative estimate of drug-likeness (QED) is 0.612. The van der Waals surface area contributed by atoms with E-state index in [-0.39, 0.29) is 0 Å². The summed E-state index contributed by atoms with van der Waals surface area (Å²) in [4.78, 5) is 10.5. The maximum atomic E-state index is 10.5. The number of rotatable bonds is 4. The monoisotopic (exact) mass is 192 g/mol. The molecule has 0 heterocycles. The van der Waals surface area contributed by atoms with E-state index in [1.807, 2.05) is 0 Å². The number of hydrogen-bond acceptors (Lipinski definition) is 3. The molecule has 1 aromatic carbocycles. The molecule has 0 saturated carbocycles. The Morgan fingerprint density at radius 3 is 2.50 bits per heavy atom. The molecule has 0 saturated heterocycles. The first kappa shape index (κ1) is 10.4. The molecule has 14 heavy (non-hydrogen) atoms. The minimum Gasteiger partial charge on any atom is -0.480 e. The van der Waals surface area contributed by atoms with E-state index < -0.39 is 12.0 Å². The van der Waals surface area contributed by atoms with E-state index in [4.69, 9.17) is 16.2 Å². The molecule has 74 valence electrons. The van der Waals surface area contributed by atoms with Crippen LogP contribution in [0.3, 0.4) is 0 Å². The van der Waals surface area contributed by atoms with Gasteiger partial charge in [0.2, 0.25) is 0 Å². The van der Waals surface area contributed by atoms with Crippen LogP contribution in [-0.4, -0.2) is 23.3 Å². The fourth-order valence-corrected chi connectivity index (χ4v) is 1.09. The Kier molecular flexibility index (Phi) is 3.36. The van der Waals surface area contributed by atoms with Crippen LogP contribution in [0.15, 0.2) is 24.3 Å². The molecule has 0 bridgehead atoms. The van der Waals surface area contributed by atoms with Crippen molar-refractivity contribution in [1.29, 1.82) is 5.41 Å². The number of nitrogens with two attached hydrogens (primary N) is 1. The lowest BCUT2D eigenvalue weighted by Gasteiger charge is -2.05. The zero-order chi connectivity index (χ0) is 10.6. The lowest BCUT2D eigenvalue weighted by atomic mass is 10.1. The van der Waals surface area contributed by atoms with Crippen LogP contribution < -0.4 is 5.73 Å². The van der Waals surface area contributed by atoms with Crippen molar-refractivity contribution >= 4 is 12.2 Å². The molecule has 0 amide bonds. The number of benzene rings is 1. The lowest BCUT2D eigenvalue weighted by Crippen LogP contribution is -2.32. The summed E-state index contributed by atoms with van der Waals surface area (Å²) < 4.78 is 0. The van der Waals surface area contributed by atoms with E-state index in [1.165, 1.54) is 6.21 Å². The standard InChI is InChI=1S/C10H12N2O2/c11-6-8-3-1-7(2-4-8)5-9(12)10(13)14/h1-4,6,9,11H,5,12H2,(H,13,14). The number of carboxylic acids is 1. The molecule has 1 unspecified atom stereocenters. The van der Waals surface area contributed by atoms with Crippen LogP contribution in [0.1, 0.15) is 11.1 Å². The Balaban J connectivity index is 2.68. The topological polar surface area (TPSA) is 87.2 Å². The van der Waals surface area contributed by atoms with Crippen molar-refractivity contribution in [1.82, 2.24) is 0 Å². The van der Waals surface area contributed by atoms with Crippen LogP contribution in [0.2, 0.25) is 0 Å². The van der Waals surface area contributed by atoms with Gasteiger partial charge in [0.05, 0.1) is 0 Å². The third kappa shape index (κ3) is 2.67. The number of hydrogen-bond donors (Lipinski definition) is 3. The van der Waals surface area contributed by atoms with Crippen LogP contribution >= 0.6 is 0 Å². The molecule has 0 aliphatic heterocycles. The molecule has 0 aliphatic carbocycles. The Bertz CT molecular complexity index is 332. The van der Waals surface area contributed by atoms with E-state index in [9.17, 15) is 4.79 Å². The largest absolute Gasteiger partial charge is 0.480 e. The molecular weight excluding hydrogens is 180 g/mol. The van der Waals surface area contributed by atoms with Crippen molar-refractivity contribution in [2.24, 2.45) is 5.73 Å². The van der Waals surface area contributed by atoms with Crippen LogP contribution in [0, 0.1) is 5.41 Å². The summed E-state index contributed by atoms with van der Waals surface area (Å²) in [7, 11) is 0. The van der Waals surface area contributed by atoms with Crippen LogP contribution in [0.5, 0.6) is 0 Å². The van der Waals surface area contributed by atoms with E-state index in [1.54, 1.807) is 24.3 Å². The van der Waals surface area contributed by atoms with E-state index in [0.717, 1.165) is 11.1 Å².